The summed E-state index contributed by atoms with van der Waals surface area (Å²) in [5, 5.41) is 7.86. The van der Waals surface area contributed by atoms with E-state index in [1.165, 1.54) is 71.3 Å². The first-order valence-corrected chi connectivity index (χ1v) is 12.5. The second-order valence-electron chi connectivity index (χ2n) is 9.69. The van der Waals surface area contributed by atoms with Crippen molar-refractivity contribution < 1.29 is 0 Å². The van der Waals surface area contributed by atoms with Gasteiger partial charge in [0.05, 0.1) is 0 Å². The zero-order valence-electron chi connectivity index (χ0n) is 19.9. The standard InChI is InChI=1S/C35H26/c1-23-20-21-32-33(22-23)35(29-19-9-13-25-11-3-5-15-27(25)29)31-17-7-6-16-30(31)34(32)28-18-8-12-24-10-2-4-14-26(24)28/h2,4-10,12-22H,3,11H2,1H3. The molecule has 0 radical (unpaired) electrons. The Morgan fingerprint density at radius 3 is 2.06 bits per heavy atom. The summed E-state index contributed by atoms with van der Waals surface area (Å²) in [6.45, 7) is 2.20. The van der Waals surface area contributed by atoms with E-state index in [-0.39, 0.29) is 0 Å². The number of hydrogen-bond acceptors (Lipinski definition) is 0. The van der Waals surface area contributed by atoms with Crippen LogP contribution < -0.4 is 0 Å². The summed E-state index contributed by atoms with van der Waals surface area (Å²) in [5.74, 6) is 0. The van der Waals surface area contributed by atoms with Gasteiger partial charge < -0.3 is 0 Å². The summed E-state index contributed by atoms with van der Waals surface area (Å²) >= 11 is 0. The Morgan fingerprint density at radius 2 is 1.20 bits per heavy atom. The summed E-state index contributed by atoms with van der Waals surface area (Å²) in [6.07, 6.45) is 6.90. The molecule has 0 aromatic heterocycles. The summed E-state index contributed by atoms with van der Waals surface area (Å²) in [7, 11) is 0. The van der Waals surface area contributed by atoms with Crippen LogP contribution in [0.3, 0.4) is 0 Å². The lowest BCUT2D eigenvalue weighted by molar-refractivity contribution is 0.987. The molecule has 0 N–H and O–H groups in total. The van der Waals surface area contributed by atoms with E-state index in [9.17, 15) is 0 Å². The minimum Gasteiger partial charge on any atom is -0.0836 e. The van der Waals surface area contributed by atoms with Crippen LogP contribution in [0.4, 0.5) is 0 Å². The van der Waals surface area contributed by atoms with Gasteiger partial charge in [0.2, 0.25) is 0 Å². The van der Waals surface area contributed by atoms with Crippen molar-refractivity contribution >= 4 is 38.4 Å². The van der Waals surface area contributed by atoms with Crippen molar-refractivity contribution in [3.8, 4) is 22.3 Å². The molecule has 0 unspecified atom stereocenters. The first kappa shape index (κ1) is 20.2. The molecular formula is C35H26. The maximum Gasteiger partial charge on any atom is -0.00201 e. The Bertz CT molecular complexity index is 1790. The van der Waals surface area contributed by atoms with Crippen LogP contribution in [0.25, 0.3) is 60.6 Å². The minimum atomic E-state index is 1.11. The minimum absolute atomic E-state index is 1.11. The summed E-state index contributed by atoms with van der Waals surface area (Å²) < 4.78 is 0. The maximum absolute atomic E-state index is 2.39. The van der Waals surface area contributed by atoms with Gasteiger partial charge in [-0.3, -0.25) is 0 Å². The summed E-state index contributed by atoms with van der Waals surface area (Å²) in [6, 6.07) is 38.3. The van der Waals surface area contributed by atoms with Crippen molar-refractivity contribution in [3.63, 3.8) is 0 Å². The van der Waals surface area contributed by atoms with Crippen LogP contribution in [0.1, 0.15) is 23.1 Å². The van der Waals surface area contributed by atoms with Crippen molar-refractivity contribution in [3.05, 3.63) is 126 Å². The Morgan fingerprint density at radius 1 is 0.543 bits per heavy atom. The summed E-state index contributed by atoms with van der Waals surface area (Å²) in [5.41, 5.74) is 9.45. The molecule has 7 rings (SSSR count). The quantitative estimate of drug-likeness (QED) is 0.232. The number of benzene rings is 6. The highest BCUT2D eigenvalue weighted by atomic mass is 14.2. The predicted molar refractivity (Wildman–Crippen MR) is 152 cm³/mol. The molecule has 166 valence electrons. The van der Waals surface area contributed by atoms with Gasteiger partial charge in [-0.15, -0.1) is 0 Å². The van der Waals surface area contributed by atoms with Crippen molar-refractivity contribution in [2.45, 2.75) is 19.8 Å². The maximum atomic E-state index is 2.39. The molecule has 0 bridgehead atoms. The predicted octanol–water partition coefficient (Wildman–Crippen LogP) is 9.75. The fraction of sp³-hybridized carbons (Fsp3) is 0.0857. The van der Waals surface area contributed by atoms with E-state index in [1.54, 1.807) is 0 Å². The van der Waals surface area contributed by atoms with E-state index >= 15 is 0 Å². The second kappa shape index (κ2) is 7.96. The van der Waals surface area contributed by atoms with Gasteiger partial charge >= 0.3 is 0 Å². The second-order valence-corrected chi connectivity index (χ2v) is 9.69. The largest absolute Gasteiger partial charge is 0.0836 e. The van der Waals surface area contributed by atoms with E-state index in [0.29, 0.717) is 0 Å². The molecule has 0 saturated carbocycles. The lowest BCUT2D eigenvalue weighted by Crippen LogP contribution is -1.98. The fourth-order valence-corrected chi connectivity index (χ4v) is 6.00. The van der Waals surface area contributed by atoms with Crippen molar-refractivity contribution in [2.75, 3.05) is 0 Å². The Hall–Kier alpha value is -4.16. The van der Waals surface area contributed by atoms with Crippen LogP contribution in [0.5, 0.6) is 0 Å². The number of fused-ring (bicyclic) bond motifs is 4. The molecule has 0 spiro atoms. The van der Waals surface area contributed by atoms with Crippen LogP contribution in [-0.2, 0) is 6.42 Å². The molecular weight excluding hydrogens is 420 g/mol. The highest BCUT2D eigenvalue weighted by Gasteiger charge is 2.20. The van der Waals surface area contributed by atoms with Gasteiger partial charge in [-0.1, -0.05) is 121 Å². The molecule has 0 saturated heterocycles. The van der Waals surface area contributed by atoms with Gasteiger partial charge in [-0.25, -0.2) is 0 Å². The molecule has 6 aromatic carbocycles. The molecule has 0 heterocycles. The Labute approximate surface area is 206 Å². The van der Waals surface area contributed by atoms with Gasteiger partial charge in [0.15, 0.2) is 0 Å². The molecule has 1 aliphatic rings. The van der Waals surface area contributed by atoms with E-state index in [0.717, 1.165) is 12.8 Å². The third-order valence-corrected chi connectivity index (χ3v) is 7.57. The van der Waals surface area contributed by atoms with Crippen molar-refractivity contribution in [2.24, 2.45) is 0 Å². The highest BCUT2D eigenvalue weighted by Crippen LogP contribution is 2.46. The molecule has 0 heteroatoms. The van der Waals surface area contributed by atoms with Gasteiger partial charge in [-0.05, 0) is 85.5 Å². The van der Waals surface area contributed by atoms with Gasteiger partial charge in [0.25, 0.3) is 0 Å². The van der Waals surface area contributed by atoms with Crippen LogP contribution in [0, 0.1) is 6.92 Å². The van der Waals surface area contributed by atoms with Crippen LogP contribution in [0.2, 0.25) is 0 Å². The first-order chi connectivity index (χ1) is 17.3. The average molecular weight is 447 g/mol. The smallest absolute Gasteiger partial charge is 0.00201 e. The normalized spacial score (nSPS) is 12.9. The van der Waals surface area contributed by atoms with E-state index in [2.05, 4.69) is 122 Å². The molecule has 0 amide bonds. The monoisotopic (exact) mass is 446 g/mol. The fourth-order valence-electron chi connectivity index (χ4n) is 6.00. The highest BCUT2D eigenvalue weighted by molar-refractivity contribution is 6.24. The SMILES string of the molecule is Cc1ccc2c(-c3cccc4ccccc34)c3ccccc3c(-c3cccc4c3C=CCC4)c2c1. The summed E-state index contributed by atoms with van der Waals surface area (Å²) in [4.78, 5) is 0. The van der Waals surface area contributed by atoms with Crippen LogP contribution >= 0.6 is 0 Å². The number of aryl methyl sites for hydroxylation is 2. The van der Waals surface area contributed by atoms with Crippen LogP contribution in [0.15, 0.2) is 109 Å². The topological polar surface area (TPSA) is 0 Å². The Kier molecular flexibility index (Phi) is 4.60. The van der Waals surface area contributed by atoms with E-state index < -0.39 is 0 Å². The zero-order valence-corrected chi connectivity index (χ0v) is 19.9. The van der Waals surface area contributed by atoms with Gasteiger partial charge in [0, 0.05) is 0 Å². The molecule has 35 heavy (non-hydrogen) atoms. The molecule has 0 nitrogen and oxygen atoms in total. The van der Waals surface area contributed by atoms with Crippen molar-refractivity contribution in [1.82, 2.24) is 0 Å². The van der Waals surface area contributed by atoms with Gasteiger partial charge in [0.1, 0.15) is 0 Å². The number of hydrogen-bond donors (Lipinski definition) is 0. The number of rotatable bonds is 2. The van der Waals surface area contributed by atoms with Crippen LogP contribution in [-0.4, -0.2) is 0 Å². The lowest BCUT2D eigenvalue weighted by Gasteiger charge is -2.22. The molecule has 6 aromatic rings. The first-order valence-electron chi connectivity index (χ1n) is 12.5. The third-order valence-electron chi connectivity index (χ3n) is 7.57. The zero-order chi connectivity index (χ0) is 23.4. The van der Waals surface area contributed by atoms with E-state index in [4.69, 9.17) is 0 Å². The van der Waals surface area contributed by atoms with Gasteiger partial charge in [-0.2, -0.15) is 0 Å². The molecule has 0 aliphatic heterocycles. The number of allylic oxidation sites excluding steroid dienone is 1. The van der Waals surface area contributed by atoms with Crippen molar-refractivity contribution in [1.29, 1.82) is 0 Å². The third kappa shape index (κ3) is 3.14. The molecule has 0 atom stereocenters. The lowest BCUT2D eigenvalue weighted by atomic mass is 9.82. The molecule has 0 fully saturated rings. The Balaban J connectivity index is 1.69. The van der Waals surface area contributed by atoms with E-state index in [1.807, 2.05) is 0 Å². The molecule has 1 aliphatic carbocycles. The average Bonchev–Trinajstić information content (AvgIpc) is 2.91.